The molecule has 2 aromatic rings. The van der Waals surface area contributed by atoms with Crippen molar-refractivity contribution < 1.29 is 9.53 Å². The Hall–Kier alpha value is -1.56. The summed E-state index contributed by atoms with van der Waals surface area (Å²) >= 11 is 0. The van der Waals surface area contributed by atoms with Gasteiger partial charge in [-0.2, -0.15) is 0 Å². The Bertz CT molecular complexity index is 623. The Labute approximate surface area is 136 Å². The molecule has 6 heteroatoms. The molecule has 0 radical (unpaired) electrons. The highest BCUT2D eigenvalue weighted by Crippen LogP contribution is 2.18. The van der Waals surface area contributed by atoms with E-state index >= 15 is 0 Å². The van der Waals surface area contributed by atoms with Crippen molar-refractivity contribution in [3.8, 4) is 0 Å². The lowest BCUT2D eigenvalue weighted by Gasteiger charge is -2.14. The monoisotopic (exact) mass is 323 g/mol. The van der Waals surface area contributed by atoms with Gasteiger partial charge in [-0.25, -0.2) is 0 Å². The van der Waals surface area contributed by atoms with Gasteiger partial charge in [0.2, 0.25) is 5.91 Å². The van der Waals surface area contributed by atoms with Crippen molar-refractivity contribution in [3.05, 3.63) is 36.0 Å². The molecule has 1 amide bonds. The molecule has 2 atom stereocenters. The van der Waals surface area contributed by atoms with Gasteiger partial charge in [0.15, 0.2) is 0 Å². The summed E-state index contributed by atoms with van der Waals surface area (Å²) in [6.07, 6.45) is 4.69. The van der Waals surface area contributed by atoms with Crippen molar-refractivity contribution in [2.45, 2.75) is 31.4 Å². The van der Waals surface area contributed by atoms with Crippen molar-refractivity contribution in [3.63, 3.8) is 0 Å². The molecule has 5 nitrogen and oxygen atoms in total. The molecule has 1 fully saturated rings. The molecule has 0 spiro atoms. The minimum atomic E-state index is -0.536. The summed E-state index contributed by atoms with van der Waals surface area (Å²) in [5.74, 6) is -0.115. The summed E-state index contributed by atoms with van der Waals surface area (Å²) in [7, 11) is 0. The van der Waals surface area contributed by atoms with Gasteiger partial charge >= 0.3 is 0 Å². The number of rotatable bonds is 5. The van der Waals surface area contributed by atoms with Crippen LogP contribution in [0.25, 0.3) is 10.9 Å². The highest BCUT2D eigenvalue weighted by molar-refractivity contribution is 5.86. The van der Waals surface area contributed by atoms with Crippen molar-refractivity contribution in [1.82, 2.24) is 10.3 Å². The van der Waals surface area contributed by atoms with E-state index < -0.39 is 6.04 Å². The van der Waals surface area contributed by atoms with Crippen molar-refractivity contribution in [1.29, 1.82) is 0 Å². The van der Waals surface area contributed by atoms with E-state index in [4.69, 9.17) is 10.5 Å². The molecule has 1 aromatic heterocycles. The number of hydrogen-bond donors (Lipinski definition) is 3. The number of para-hydroxylation sites is 1. The molecule has 1 unspecified atom stereocenters. The Morgan fingerprint density at radius 2 is 2.27 bits per heavy atom. The predicted molar refractivity (Wildman–Crippen MR) is 89.2 cm³/mol. The number of nitrogens with two attached hydrogens (primary N) is 1. The fraction of sp³-hybridized carbons (Fsp3) is 0.438. The smallest absolute Gasteiger partial charge is 0.237 e. The Kier molecular flexibility index (Phi) is 5.83. The average molecular weight is 324 g/mol. The van der Waals surface area contributed by atoms with E-state index in [-0.39, 0.29) is 24.4 Å². The van der Waals surface area contributed by atoms with Crippen molar-refractivity contribution >= 4 is 29.2 Å². The van der Waals surface area contributed by atoms with E-state index in [0.717, 1.165) is 35.9 Å². The number of aromatic nitrogens is 1. The third-order valence-corrected chi connectivity index (χ3v) is 3.98. The Morgan fingerprint density at radius 1 is 1.45 bits per heavy atom. The second kappa shape index (κ2) is 7.63. The number of halogens is 1. The minimum Gasteiger partial charge on any atom is -0.376 e. The van der Waals surface area contributed by atoms with Crippen LogP contribution in [0.3, 0.4) is 0 Å². The molecule has 1 aliphatic heterocycles. The molecule has 4 N–H and O–H groups in total. The van der Waals surface area contributed by atoms with Crippen molar-refractivity contribution in [2.24, 2.45) is 5.73 Å². The molecule has 0 bridgehead atoms. The van der Waals surface area contributed by atoms with Gasteiger partial charge in [-0.3, -0.25) is 4.79 Å². The Morgan fingerprint density at radius 3 is 3.05 bits per heavy atom. The maximum absolute atomic E-state index is 12.1. The van der Waals surface area contributed by atoms with Crippen LogP contribution in [0.5, 0.6) is 0 Å². The number of benzene rings is 1. The van der Waals surface area contributed by atoms with Crippen LogP contribution in [-0.4, -0.2) is 36.2 Å². The zero-order chi connectivity index (χ0) is 14.7. The molecule has 0 saturated carbocycles. The standard InChI is InChI=1S/C16H21N3O2.ClH/c17-14(16(20)19-10-12-4-3-7-21-12)8-11-9-18-15-6-2-1-5-13(11)15;/h1-2,5-6,9,12,14,18H,3-4,7-8,10,17H2,(H,19,20);1H/t12?,14-;/m0./s1. The lowest BCUT2D eigenvalue weighted by atomic mass is 10.0. The number of carbonyl (C=O) groups is 1. The molecular formula is C16H22ClN3O2. The first-order chi connectivity index (χ1) is 10.2. The highest BCUT2D eigenvalue weighted by Gasteiger charge is 2.19. The van der Waals surface area contributed by atoms with E-state index in [1.807, 2.05) is 30.5 Å². The van der Waals surface area contributed by atoms with E-state index in [1.165, 1.54) is 0 Å². The second-order valence-electron chi connectivity index (χ2n) is 5.55. The predicted octanol–water partition coefficient (Wildman–Crippen LogP) is 1.75. The largest absolute Gasteiger partial charge is 0.376 e. The highest BCUT2D eigenvalue weighted by atomic mass is 35.5. The van der Waals surface area contributed by atoms with Crippen LogP contribution in [0.15, 0.2) is 30.5 Å². The average Bonchev–Trinajstić information content (AvgIpc) is 3.15. The van der Waals surface area contributed by atoms with E-state index in [9.17, 15) is 4.79 Å². The number of amides is 1. The molecule has 0 aliphatic carbocycles. The quantitative estimate of drug-likeness (QED) is 0.784. The number of ether oxygens (including phenoxy) is 1. The first-order valence-corrected chi connectivity index (χ1v) is 7.44. The summed E-state index contributed by atoms with van der Waals surface area (Å²) in [6, 6.07) is 7.49. The molecule has 22 heavy (non-hydrogen) atoms. The fourth-order valence-electron chi connectivity index (χ4n) is 2.78. The van der Waals surface area contributed by atoms with Crippen LogP contribution in [-0.2, 0) is 16.0 Å². The number of carbonyl (C=O) groups excluding carboxylic acids is 1. The maximum Gasteiger partial charge on any atom is 0.237 e. The van der Waals surface area contributed by atoms with Crippen LogP contribution in [0, 0.1) is 0 Å². The van der Waals surface area contributed by atoms with Gasteiger partial charge in [0.05, 0.1) is 12.1 Å². The first kappa shape index (κ1) is 16.8. The van der Waals surface area contributed by atoms with Gasteiger partial charge in [-0.1, -0.05) is 18.2 Å². The van der Waals surface area contributed by atoms with Crippen LogP contribution < -0.4 is 11.1 Å². The van der Waals surface area contributed by atoms with Gasteiger partial charge in [-0.05, 0) is 30.9 Å². The summed E-state index contributed by atoms with van der Waals surface area (Å²) < 4.78 is 5.49. The molecule has 1 saturated heterocycles. The van der Waals surface area contributed by atoms with Gasteiger partial charge in [0.1, 0.15) is 0 Å². The Balaban J connectivity index is 0.00000176. The van der Waals surface area contributed by atoms with E-state index in [2.05, 4.69) is 10.3 Å². The third kappa shape index (κ3) is 3.80. The summed E-state index contributed by atoms with van der Waals surface area (Å²) in [4.78, 5) is 15.3. The zero-order valence-electron chi connectivity index (χ0n) is 12.4. The summed E-state index contributed by atoms with van der Waals surface area (Å²) in [6.45, 7) is 1.35. The zero-order valence-corrected chi connectivity index (χ0v) is 13.2. The fourth-order valence-corrected chi connectivity index (χ4v) is 2.78. The first-order valence-electron chi connectivity index (χ1n) is 7.44. The molecule has 1 aromatic carbocycles. The number of fused-ring (bicyclic) bond motifs is 1. The van der Waals surface area contributed by atoms with E-state index in [1.54, 1.807) is 0 Å². The molecule has 1 aliphatic rings. The number of aromatic amines is 1. The molecule has 2 heterocycles. The van der Waals surface area contributed by atoms with E-state index in [0.29, 0.717) is 13.0 Å². The van der Waals surface area contributed by atoms with Gasteiger partial charge in [0, 0.05) is 30.3 Å². The van der Waals surface area contributed by atoms with Crippen LogP contribution >= 0.6 is 12.4 Å². The van der Waals surface area contributed by atoms with Crippen LogP contribution in [0.4, 0.5) is 0 Å². The minimum absolute atomic E-state index is 0. The normalized spacial score (nSPS) is 18.9. The van der Waals surface area contributed by atoms with Gasteiger partial charge in [-0.15, -0.1) is 12.4 Å². The van der Waals surface area contributed by atoms with Crippen LogP contribution in [0.1, 0.15) is 18.4 Å². The lowest BCUT2D eigenvalue weighted by molar-refractivity contribution is -0.122. The van der Waals surface area contributed by atoms with Gasteiger partial charge in [0.25, 0.3) is 0 Å². The second-order valence-corrected chi connectivity index (χ2v) is 5.55. The topological polar surface area (TPSA) is 80.1 Å². The number of H-pyrrole nitrogens is 1. The van der Waals surface area contributed by atoms with Gasteiger partial charge < -0.3 is 20.8 Å². The summed E-state index contributed by atoms with van der Waals surface area (Å²) in [5, 5.41) is 4.01. The number of hydrogen-bond acceptors (Lipinski definition) is 3. The molecule has 3 rings (SSSR count). The summed E-state index contributed by atoms with van der Waals surface area (Å²) in [5.41, 5.74) is 8.16. The van der Waals surface area contributed by atoms with Crippen molar-refractivity contribution in [2.75, 3.05) is 13.2 Å². The molecule has 120 valence electrons. The maximum atomic E-state index is 12.1. The number of nitrogens with one attached hydrogen (secondary N) is 2. The SMILES string of the molecule is Cl.N[C@@H](Cc1c[nH]c2ccccc12)C(=O)NCC1CCCO1. The molecular weight excluding hydrogens is 302 g/mol. The van der Waals surface area contributed by atoms with Crippen LogP contribution in [0.2, 0.25) is 0 Å². The lowest BCUT2D eigenvalue weighted by Crippen LogP contribution is -2.44. The third-order valence-electron chi connectivity index (χ3n) is 3.98.